The molecular formula is C20H24ClN7O2S. The van der Waals surface area contributed by atoms with Crippen molar-refractivity contribution in [3.05, 3.63) is 47.7 Å². The fourth-order valence-corrected chi connectivity index (χ4v) is 4.60. The molecule has 164 valence electrons. The van der Waals surface area contributed by atoms with Crippen LogP contribution >= 0.6 is 11.6 Å². The SMILES string of the molecule is CN(c1ccccc1)S(=O)(=O)CCNc1nc(N2CCNCC2)nc2cnc(Cl)cc12. The molecule has 0 radical (unpaired) electrons. The fourth-order valence-electron chi connectivity index (χ4n) is 3.37. The number of halogens is 1. The predicted molar refractivity (Wildman–Crippen MR) is 125 cm³/mol. The van der Waals surface area contributed by atoms with Gasteiger partial charge in [0.25, 0.3) is 0 Å². The molecule has 3 aromatic rings. The summed E-state index contributed by atoms with van der Waals surface area (Å²) in [5.74, 6) is 1.04. The smallest absolute Gasteiger partial charge is 0.236 e. The summed E-state index contributed by atoms with van der Waals surface area (Å²) in [5.41, 5.74) is 1.27. The van der Waals surface area contributed by atoms with Crippen molar-refractivity contribution in [2.75, 3.05) is 60.0 Å². The Hall–Kier alpha value is -2.69. The number of anilines is 3. The van der Waals surface area contributed by atoms with Crippen molar-refractivity contribution in [3.8, 4) is 0 Å². The summed E-state index contributed by atoms with van der Waals surface area (Å²) in [7, 11) is -1.95. The second-order valence-electron chi connectivity index (χ2n) is 7.18. The number of hydrogen-bond donors (Lipinski definition) is 2. The van der Waals surface area contributed by atoms with Gasteiger partial charge in [0.2, 0.25) is 16.0 Å². The lowest BCUT2D eigenvalue weighted by Crippen LogP contribution is -2.44. The van der Waals surface area contributed by atoms with Crippen LogP contribution in [-0.4, -0.2) is 68.9 Å². The topological polar surface area (TPSA) is 103 Å². The third-order valence-corrected chi connectivity index (χ3v) is 7.10. The van der Waals surface area contributed by atoms with E-state index in [4.69, 9.17) is 11.6 Å². The standard InChI is InChI=1S/C20H24ClN7O2S/c1-27(15-5-3-2-4-6-15)31(29,30)12-9-23-19-16-13-18(21)24-14-17(16)25-20(26-19)28-10-7-22-8-11-28/h2-6,13-14,22H,7-12H2,1H3,(H,23,25,26). The molecule has 1 aliphatic rings. The van der Waals surface area contributed by atoms with Gasteiger partial charge in [0.05, 0.1) is 23.2 Å². The van der Waals surface area contributed by atoms with Crippen molar-refractivity contribution in [2.45, 2.75) is 0 Å². The molecule has 0 saturated carbocycles. The van der Waals surface area contributed by atoms with Crippen LogP contribution in [0.5, 0.6) is 0 Å². The maximum atomic E-state index is 12.8. The Bertz CT molecular complexity index is 1150. The van der Waals surface area contributed by atoms with Crippen molar-refractivity contribution in [3.63, 3.8) is 0 Å². The number of para-hydroxylation sites is 1. The van der Waals surface area contributed by atoms with Crippen molar-refractivity contribution in [1.82, 2.24) is 20.3 Å². The molecule has 31 heavy (non-hydrogen) atoms. The van der Waals surface area contributed by atoms with Gasteiger partial charge >= 0.3 is 0 Å². The Labute approximate surface area is 186 Å². The third-order valence-electron chi connectivity index (χ3n) is 5.13. The number of aromatic nitrogens is 3. The molecule has 0 spiro atoms. The highest BCUT2D eigenvalue weighted by atomic mass is 35.5. The highest BCUT2D eigenvalue weighted by Gasteiger charge is 2.20. The Kier molecular flexibility index (Phi) is 6.40. The summed E-state index contributed by atoms with van der Waals surface area (Å²) in [6, 6.07) is 10.7. The molecule has 11 heteroatoms. The van der Waals surface area contributed by atoms with Crippen molar-refractivity contribution < 1.29 is 8.42 Å². The molecule has 0 unspecified atom stereocenters. The number of hydrogen-bond acceptors (Lipinski definition) is 8. The minimum atomic E-state index is -3.51. The summed E-state index contributed by atoms with van der Waals surface area (Å²) < 4.78 is 26.8. The van der Waals surface area contributed by atoms with E-state index in [0.29, 0.717) is 33.5 Å². The van der Waals surface area contributed by atoms with Gasteiger partial charge in [-0.2, -0.15) is 4.98 Å². The minimum absolute atomic E-state index is 0.0916. The summed E-state index contributed by atoms with van der Waals surface area (Å²) in [4.78, 5) is 15.5. The van der Waals surface area contributed by atoms with Crippen LogP contribution in [0.3, 0.4) is 0 Å². The first-order valence-corrected chi connectivity index (χ1v) is 12.0. The number of nitrogens with one attached hydrogen (secondary N) is 2. The van der Waals surface area contributed by atoms with Gasteiger partial charge in [0, 0.05) is 45.2 Å². The molecular weight excluding hydrogens is 438 g/mol. The van der Waals surface area contributed by atoms with Gasteiger partial charge in [-0.05, 0) is 18.2 Å². The van der Waals surface area contributed by atoms with E-state index in [0.717, 1.165) is 26.2 Å². The molecule has 0 aliphatic carbocycles. The van der Waals surface area contributed by atoms with Crippen LogP contribution in [0.25, 0.3) is 10.9 Å². The molecule has 4 rings (SSSR count). The third kappa shape index (κ3) is 4.97. The molecule has 0 bridgehead atoms. The zero-order chi connectivity index (χ0) is 21.8. The number of benzene rings is 1. The van der Waals surface area contributed by atoms with Gasteiger partial charge < -0.3 is 15.5 Å². The predicted octanol–water partition coefficient (Wildman–Crippen LogP) is 1.97. The largest absolute Gasteiger partial charge is 0.368 e. The molecule has 1 saturated heterocycles. The zero-order valence-corrected chi connectivity index (χ0v) is 18.7. The molecule has 2 aromatic heterocycles. The average molecular weight is 462 g/mol. The van der Waals surface area contributed by atoms with Gasteiger partial charge in [0.1, 0.15) is 11.0 Å². The normalized spacial score (nSPS) is 14.6. The van der Waals surface area contributed by atoms with Gasteiger partial charge in [-0.1, -0.05) is 29.8 Å². The lowest BCUT2D eigenvalue weighted by atomic mass is 10.3. The van der Waals surface area contributed by atoms with Crippen molar-refractivity contribution in [2.24, 2.45) is 0 Å². The van der Waals surface area contributed by atoms with Crippen molar-refractivity contribution >= 4 is 50.0 Å². The average Bonchev–Trinajstić information content (AvgIpc) is 2.79. The fraction of sp³-hybridized carbons (Fsp3) is 0.350. The summed E-state index contributed by atoms with van der Waals surface area (Å²) in [5, 5.41) is 7.50. The number of sulfonamides is 1. The number of piperazine rings is 1. The van der Waals surface area contributed by atoms with Crippen LogP contribution in [-0.2, 0) is 10.0 Å². The van der Waals surface area contributed by atoms with Gasteiger partial charge in [-0.3, -0.25) is 4.31 Å². The van der Waals surface area contributed by atoms with E-state index in [2.05, 4.69) is 30.5 Å². The highest BCUT2D eigenvalue weighted by Crippen LogP contribution is 2.25. The molecule has 0 amide bonds. The van der Waals surface area contributed by atoms with Gasteiger partial charge in [-0.15, -0.1) is 0 Å². The first kappa shape index (κ1) is 21.5. The number of nitrogens with zero attached hydrogens (tertiary/aromatic N) is 5. The number of fused-ring (bicyclic) bond motifs is 1. The quantitative estimate of drug-likeness (QED) is 0.515. The molecule has 1 aromatic carbocycles. The Morgan fingerprint density at radius 1 is 1.19 bits per heavy atom. The van der Waals surface area contributed by atoms with Crippen molar-refractivity contribution in [1.29, 1.82) is 0 Å². The van der Waals surface area contributed by atoms with Crippen LogP contribution in [0.2, 0.25) is 5.15 Å². The summed E-state index contributed by atoms with van der Waals surface area (Å²) >= 11 is 6.08. The summed E-state index contributed by atoms with van der Waals surface area (Å²) in [6.07, 6.45) is 1.61. The van der Waals surface area contributed by atoms with E-state index in [1.807, 2.05) is 18.2 Å². The number of rotatable bonds is 7. The maximum absolute atomic E-state index is 12.8. The van der Waals surface area contributed by atoms with E-state index >= 15 is 0 Å². The molecule has 1 aliphatic heterocycles. The summed E-state index contributed by atoms with van der Waals surface area (Å²) in [6.45, 7) is 3.48. The van der Waals surface area contributed by atoms with E-state index in [-0.39, 0.29) is 12.3 Å². The van der Waals surface area contributed by atoms with Crippen LogP contribution < -0.4 is 19.8 Å². The highest BCUT2D eigenvalue weighted by molar-refractivity contribution is 7.92. The van der Waals surface area contributed by atoms with Crippen LogP contribution in [0, 0.1) is 0 Å². The Morgan fingerprint density at radius 3 is 2.68 bits per heavy atom. The van der Waals surface area contributed by atoms with Crippen LogP contribution in [0.15, 0.2) is 42.6 Å². The first-order chi connectivity index (χ1) is 14.9. The first-order valence-electron chi connectivity index (χ1n) is 9.98. The van der Waals surface area contributed by atoms with E-state index in [1.54, 1.807) is 31.4 Å². The zero-order valence-electron chi connectivity index (χ0n) is 17.1. The molecule has 0 atom stereocenters. The van der Waals surface area contributed by atoms with Gasteiger partial charge in [0.15, 0.2) is 0 Å². The van der Waals surface area contributed by atoms with Crippen LogP contribution in [0.1, 0.15) is 0 Å². The van der Waals surface area contributed by atoms with E-state index in [9.17, 15) is 8.42 Å². The van der Waals surface area contributed by atoms with E-state index in [1.165, 1.54) is 4.31 Å². The minimum Gasteiger partial charge on any atom is -0.368 e. The Balaban J connectivity index is 1.55. The second kappa shape index (κ2) is 9.21. The maximum Gasteiger partial charge on any atom is 0.236 e. The lowest BCUT2D eigenvalue weighted by molar-refractivity contribution is 0.580. The lowest BCUT2D eigenvalue weighted by Gasteiger charge is -2.28. The molecule has 1 fully saturated rings. The Morgan fingerprint density at radius 2 is 1.94 bits per heavy atom. The van der Waals surface area contributed by atoms with E-state index < -0.39 is 10.0 Å². The van der Waals surface area contributed by atoms with Gasteiger partial charge in [-0.25, -0.2) is 18.4 Å². The molecule has 3 heterocycles. The molecule has 9 nitrogen and oxygen atoms in total. The second-order valence-corrected chi connectivity index (χ2v) is 9.69. The van der Waals surface area contributed by atoms with Crippen LogP contribution in [0.4, 0.5) is 17.5 Å². The number of pyridine rings is 1. The monoisotopic (exact) mass is 461 g/mol. The molecule has 2 N–H and O–H groups in total.